The summed E-state index contributed by atoms with van der Waals surface area (Å²) in [6.45, 7) is 2.75. The molecule has 0 aromatic heterocycles. The standard InChI is InChI=1S/C11H14O3/c1-8(12)9-2-4-10(5-3-9)11-6-13-7-14-11/h2-5,8,11-12H,6-7H2,1H3. The fourth-order valence-electron chi connectivity index (χ4n) is 1.52. The van der Waals surface area contributed by atoms with Gasteiger partial charge in [-0.2, -0.15) is 0 Å². The lowest BCUT2D eigenvalue weighted by Gasteiger charge is -2.09. The molecule has 0 amide bonds. The number of ether oxygens (including phenoxy) is 2. The van der Waals surface area contributed by atoms with Crippen molar-refractivity contribution in [2.45, 2.75) is 19.1 Å². The molecule has 1 fully saturated rings. The van der Waals surface area contributed by atoms with Gasteiger partial charge in [-0.05, 0) is 18.1 Å². The molecular weight excluding hydrogens is 180 g/mol. The Morgan fingerprint density at radius 2 is 2.07 bits per heavy atom. The second kappa shape index (κ2) is 4.09. The molecule has 1 aliphatic heterocycles. The smallest absolute Gasteiger partial charge is 0.147 e. The molecule has 0 saturated carbocycles. The van der Waals surface area contributed by atoms with E-state index in [2.05, 4.69) is 0 Å². The normalized spacial score (nSPS) is 23.7. The van der Waals surface area contributed by atoms with Crippen molar-refractivity contribution in [1.82, 2.24) is 0 Å². The highest BCUT2D eigenvalue weighted by molar-refractivity contribution is 5.25. The van der Waals surface area contributed by atoms with Crippen molar-refractivity contribution in [3.8, 4) is 0 Å². The van der Waals surface area contributed by atoms with Crippen LogP contribution < -0.4 is 0 Å². The SMILES string of the molecule is CC(O)c1ccc(C2COCO2)cc1. The molecule has 0 bridgehead atoms. The summed E-state index contributed by atoms with van der Waals surface area (Å²) in [6, 6.07) is 7.78. The Morgan fingerprint density at radius 1 is 1.36 bits per heavy atom. The van der Waals surface area contributed by atoms with Crippen molar-refractivity contribution in [1.29, 1.82) is 0 Å². The Bertz CT molecular complexity index is 286. The molecule has 0 aliphatic carbocycles. The Labute approximate surface area is 83.3 Å². The molecule has 2 unspecified atom stereocenters. The first-order valence-electron chi connectivity index (χ1n) is 4.74. The van der Waals surface area contributed by atoms with E-state index in [0.29, 0.717) is 13.4 Å². The highest BCUT2D eigenvalue weighted by Gasteiger charge is 2.17. The first-order chi connectivity index (χ1) is 6.77. The minimum atomic E-state index is -0.412. The molecule has 76 valence electrons. The average Bonchev–Trinajstić information content (AvgIpc) is 2.71. The Kier molecular flexibility index (Phi) is 2.82. The van der Waals surface area contributed by atoms with E-state index in [-0.39, 0.29) is 6.10 Å². The number of aliphatic hydroxyl groups excluding tert-OH is 1. The number of hydrogen-bond acceptors (Lipinski definition) is 3. The van der Waals surface area contributed by atoms with Crippen LogP contribution in [0, 0.1) is 0 Å². The van der Waals surface area contributed by atoms with Crippen LogP contribution in [0.25, 0.3) is 0 Å². The van der Waals surface area contributed by atoms with E-state index in [0.717, 1.165) is 11.1 Å². The predicted molar refractivity (Wildman–Crippen MR) is 51.7 cm³/mol. The number of aliphatic hydroxyl groups is 1. The maximum absolute atomic E-state index is 9.32. The Hall–Kier alpha value is -0.900. The van der Waals surface area contributed by atoms with Gasteiger partial charge in [0.25, 0.3) is 0 Å². The van der Waals surface area contributed by atoms with Crippen molar-refractivity contribution >= 4 is 0 Å². The van der Waals surface area contributed by atoms with E-state index in [1.807, 2.05) is 24.3 Å². The molecule has 1 aromatic rings. The minimum Gasteiger partial charge on any atom is -0.389 e. The summed E-state index contributed by atoms with van der Waals surface area (Å²) in [5.74, 6) is 0. The van der Waals surface area contributed by atoms with Crippen LogP contribution in [0.15, 0.2) is 24.3 Å². The molecule has 2 atom stereocenters. The lowest BCUT2D eigenvalue weighted by molar-refractivity contribution is 0.0465. The maximum Gasteiger partial charge on any atom is 0.147 e. The van der Waals surface area contributed by atoms with Crippen LogP contribution in [0.2, 0.25) is 0 Å². The second-order valence-corrected chi connectivity index (χ2v) is 3.49. The van der Waals surface area contributed by atoms with Gasteiger partial charge in [0.2, 0.25) is 0 Å². The highest BCUT2D eigenvalue weighted by atomic mass is 16.7. The van der Waals surface area contributed by atoms with Gasteiger partial charge in [-0.15, -0.1) is 0 Å². The fraction of sp³-hybridized carbons (Fsp3) is 0.455. The van der Waals surface area contributed by atoms with Crippen LogP contribution in [0.1, 0.15) is 30.3 Å². The monoisotopic (exact) mass is 194 g/mol. The van der Waals surface area contributed by atoms with Gasteiger partial charge >= 0.3 is 0 Å². The summed E-state index contributed by atoms with van der Waals surface area (Å²) in [7, 11) is 0. The van der Waals surface area contributed by atoms with E-state index in [4.69, 9.17) is 9.47 Å². The molecule has 1 N–H and O–H groups in total. The Morgan fingerprint density at radius 3 is 2.57 bits per heavy atom. The largest absolute Gasteiger partial charge is 0.389 e. The van der Waals surface area contributed by atoms with Crippen molar-refractivity contribution in [2.24, 2.45) is 0 Å². The van der Waals surface area contributed by atoms with Crippen molar-refractivity contribution in [3.05, 3.63) is 35.4 Å². The summed E-state index contributed by atoms with van der Waals surface area (Å²) in [6.07, 6.45) is -0.358. The van der Waals surface area contributed by atoms with Crippen molar-refractivity contribution < 1.29 is 14.6 Å². The quantitative estimate of drug-likeness (QED) is 0.780. The maximum atomic E-state index is 9.32. The summed E-state index contributed by atoms with van der Waals surface area (Å²) in [4.78, 5) is 0. The van der Waals surface area contributed by atoms with Gasteiger partial charge in [-0.1, -0.05) is 24.3 Å². The Balaban J connectivity index is 2.12. The van der Waals surface area contributed by atoms with E-state index in [1.54, 1.807) is 6.92 Å². The average molecular weight is 194 g/mol. The lowest BCUT2D eigenvalue weighted by Crippen LogP contribution is -2.00. The number of hydrogen-bond donors (Lipinski definition) is 1. The first-order valence-corrected chi connectivity index (χ1v) is 4.74. The zero-order valence-electron chi connectivity index (χ0n) is 8.14. The molecule has 1 aliphatic rings. The summed E-state index contributed by atoms with van der Waals surface area (Å²) in [5, 5.41) is 9.32. The molecule has 14 heavy (non-hydrogen) atoms. The minimum absolute atomic E-state index is 0.0537. The third-order valence-electron chi connectivity index (χ3n) is 2.41. The van der Waals surface area contributed by atoms with Crippen molar-refractivity contribution in [3.63, 3.8) is 0 Å². The molecule has 0 spiro atoms. The van der Waals surface area contributed by atoms with E-state index < -0.39 is 6.10 Å². The zero-order valence-corrected chi connectivity index (χ0v) is 8.14. The third-order valence-corrected chi connectivity index (χ3v) is 2.41. The van der Waals surface area contributed by atoms with Crippen LogP contribution in [-0.4, -0.2) is 18.5 Å². The van der Waals surface area contributed by atoms with Gasteiger partial charge in [0.15, 0.2) is 0 Å². The van der Waals surface area contributed by atoms with Gasteiger partial charge in [0.1, 0.15) is 12.9 Å². The molecule has 2 rings (SSSR count). The van der Waals surface area contributed by atoms with Crippen LogP contribution >= 0.6 is 0 Å². The van der Waals surface area contributed by atoms with Gasteiger partial charge in [-0.3, -0.25) is 0 Å². The molecule has 3 heteroatoms. The summed E-state index contributed by atoms with van der Waals surface area (Å²) < 4.78 is 10.5. The van der Waals surface area contributed by atoms with Crippen LogP contribution in [0.3, 0.4) is 0 Å². The van der Waals surface area contributed by atoms with Crippen molar-refractivity contribution in [2.75, 3.05) is 13.4 Å². The number of benzene rings is 1. The molecule has 1 aromatic carbocycles. The predicted octanol–water partition coefficient (Wildman–Crippen LogP) is 1.79. The van der Waals surface area contributed by atoms with Gasteiger partial charge < -0.3 is 14.6 Å². The molecule has 1 saturated heterocycles. The van der Waals surface area contributed by atoms with Crippen LogP contribution in [-0.2, 0) is 9.47 Å². The van der Waals surface area contributed by atoms with E-state index >= 15 is 0 Å². The van der Waals surface area contributed by atoms with E-state index in [1.165, 1.54) is 0 Å². The topological polar surface area (TPSA) is 38.7 Å². The molecular formula is C11H14O3. The number of rotatable bonds is 2. The molecule has 1 heterocycles. The third kappa shape index (κ3) is 1.95. The lowest BCUT2D eigenvalue weighted by atomic mass is 10.1. The van der Waals surface area contributed by atoms with Gasteiger partial charge in [0, 0.05) is 0 Å². The van der Waals surface area contributed by atoms with Crippen LogP contribution in [0.5, 0.6) is 0 Å². The van der Waals surface area contributed by atoms with E-state index in [9.17, 15) is 5.11 Å². The van der Waals surface area contributed by atoms with Gasteiger partial charge in [0.05, 0.1) is 12.7 Å². The highest BCUT2D eigenvalue weighted by Crippen LogP contribution is 2.23. The summed E-state index contributed by atoms with van der Waals surface area (Å²) in [5.41, 5.74) is 2.03. The zero-order chi connectivity index (χ0) is 9.97. The summed E-state index contributed by atoms with van der Waals surface area (Å²) >= 11 is 0. The first kappa shape index (κ1) is 9.65. The second-order valence-electron chi connectivity index (χ2n) is 3.49. The van der Waals surface area contributed by atoms with Crippen LogP contribution in [0.4, 0.5) is 0 Å². The fourth-order valence-corrected chi connectivity index (χ4v) is 1.52. The van der Waals surface area contributed by atoms with Gasteiger partial charge in [-0.25, -0.2) is 0 Å². The molecule has 3 nitrogen and oxygen atoms in total. The molecule has 0 radical (unpaired) electrons.